The van der Waals surface area contributed by atoms with Crippen LogP contribution in [0.3, 0.4) is 0 Å². The molecule has 0 saturated heterocycles. The highest BCUT2D eigenvalue weighted by Gasteiger charge is 2.19. The molecule has 0 radical (unpaired) electrons. The predicted octanol–water partition coefficient (Wildman–Crippen LogP) is 0.513. The van der Waals surface area contributed by atoms with Crippen LogP contribution in [0.15, 0.2) is 12.4 Å². The Balaban J connectivity index is 2.66. The summed E-state index contributed by atoms with van der Waals surface area (Å²) < 4.78 is 6.34. The zero-order valence-corrected chi connectivity index (χ0v) is 12.2. The third-order valence-electron chi connectivity index (χ3n) is 2.51. The number of nitrogens with zero attached hydrogens (tertiary/aromatic N) is 3. The topological polar surface area (TPSA) is 90.5 Å². The van der Waals surface area contributed by atoms with E-state index >= 15 is 0 Å². The molecule has 0 aliphatic carbocycles. The minimum atomic E-state index is -0.401. The fourth-order valence-corrected chi connectivity index (χ4v) is 1.76. The Morgan fingerprint density at radius 2 is 2.20 bits per heavy atom. The number of hydrogen-bond donors (Lipinski definition) is 1. The van der Waals surface area contributed by atoms with E-state index in [4.69, 9.17) is 10.5 Å². The van der Waals surface area contributed by atoms with Crippen LogP contribution in [0.4, 0.5) is 5.69 Å². The third kappa shape index (κ3) is 5.29. The van der Waals surface area contributed by atoms with Crippen molar-refractivity contribution in [2.24, 2.45) is 5.92 Å². The Bertz CT molecular complexity index is 456. The second-order valence-corrected chi connectivity index (χ2v) is 4.94. The summed E-state index contributed by atoms with van der Waals surface area (Å²) in [6.45, 7) is 6.52. The van der Waals surface area contributed by atoms with Crippen molar-refractivity contribution in [1.82, 2.24) is 14.7 Å². The molecule has 0 saturated carbocycles. The molecule has 112 valence electrons. The molecule has 0 fully saturated rings. The van der Waals surface area contributed by atoms with Gasteiger partial charge in [-0.05, 0) is 12.8 Å². The van der Waals surface area contributed by atoms with Crippen LogP contribution in [0.2, 0.25) is 0 Å². The van der Waals surface area contributed by atoms with Crippen LogP contribution in [0, 0.1) is 5.92 Å². The molecule has 0 spiro atoms. The lowest BCUT2D eigenvalue weighted by atomic mass is 10.2. The van der Waals surface area contributed by atoms with Crippen molar-refractivity contribution in [3.8, 4) is 0 Å². The van der Waals surface area contributed by atoms with Crippen molar-refractivity contribution in [3.05, 3.63) is 12.4 Å². The third-order valence-corrected chi connectivity index (χ3v) is 2.51. The van der Waals surface area contributed by atoms with E-state index in [0.29, 0.717) is 18.8 Å². The first kappa shape index (κ1) is 16.0. The number of nitrogen functional groups attached to an aromatic ring is 1. The summed E-state index contributed by atoms with van der Waals surface area (Å²) in [5.41, 5.74) is 6.05. The molecule has 1 aromatic heterocycles. The zero-order valence-electron chi connectivity index (χ0n) is 12.2. The van der Waals surface area contributed by atoms with Gasteiger partial charge in [0.05, 0.1) is 18.5 Å². The summed E-state index contributed by atoms with van der Waals surface area (Å²) >= 11 is 0. The van der Waals surface area contributed by atoms with Crippen LogP contribution in [0.25, 0.3) is 0 Å². The van der Waals surface area contributed by atoms with Gasteiger partial charge in [-0.15, -0.1) is 0 Å². The Morgan fingerprint density at radius 1 is 1.50 bits per heavy atom. The number of aromatic nitrogens is 2. The van der Waals surface area contributed by atoms with E-state index in [0.717, 1.165) is 0 Å². The molecule has 0 unspecified atom stereocenters. The maximum absolute atomic E-state index is 12.2. The van der Waals surface area contributed by atoms with E-state index < -0.39 is 5.97 Å². The molecular formula is C13H22N4O3. The van der Waals surface area contributed by atoms with Crippen molar-refractivity contribution in [3.63, 3.8) is 0 Å². The minimum absolute atomic E-state index is 0.0401. The summed E-state index contributed by atoms with van der Waals surface area (Å²) in [5, 5.41) is 3.96. The van der Waals surface area contributed by atoms with Gasteiger partial charge in [0.25, 0.3) is 0 Å². The van der Waals surface area contributed by atoms with Crippen molar-refractivity contribution in [2.75, 3.05) is 25.4 Å². The number of carbonyl (C=O) groups is 2. The van der Waals surface area contributed by atoms with Gasteiger partial charge in [-0.2, -0.15) is 5.10 Å². The van der Waals surface area contributed by atoms with Crippen molar-refractivity contribution in [2.45, 2.75) is 27.3 Å². The van der Waals surface area contributed by atoms with Gasteiger partial charge in [0, 0.05) is 12.7 Å². The Morgan fingerprint density at radius 3 is 2.70 bits per heavy atom. The van der Waals surface area contributed by atoms with Crippen LogP contribution in [0.5, 0.6) is 0 Å². The first-order valence-electron chi connectivity index (χ1n) is 6.63. The Labute approximate surface area is 118 Å². The first-order chi connectivity index (χ1) is 9.42. The summed E-state index contributed by atoms with van der Waals surface area (Å²) in [7, 11) is 0. The molecule has 7 nitrogen and oxygen atoms in total. The molecule has 2 N–H and O–H groups in total. The first-order valence-corrected chi connectivity index (χ1v) is 6.63. The lowest BCUT2D eigenvalue weighted by Gasteiger charge is -2.23. The Kier molecular flexibility index (Phi) is 6.02. The zero-order chi connectivity index (χ0) is 15.1. The van der Waals surface area contributed by atoms with E-state index in [-0.39, 0.29) is 24.9 Å². The average Bonchev–Trinajstić information content (AvgIpc) is 2.73. The van der Waals surface area contributed by atoms with Crippen molar-refractivity contribution >= 4 is 17.6 Å². The van der Waals surface area contributed by atoms with Gasteiger partial charge < -0.3 is 15.4 Å². The van der Waals surface area contributed by atoms with Gasteiger partial charge in [0.15, 0.2) is 0 Å². The van der Waals surface area contributed by atoms with E-state index in [9.17, 15) is 9.59 Å². The quantitative estimate of drug-likeness (QED) is 0.736. The van der Waals surface area contributed by atoms with Gasteiger partial charge in [-0.3, -0.25) is 14.3 Å². The smallest absolute Gasteiger partial charge is 0.325 e. The molecule has 1 rings (SSSR count). The van der Waals surface area contributed by atoms with E-state index in [1.165, 1.54) is 15.8 Å². The molecule has 0 aliphatic rings. The SMILES string of the molecule is CCOC(=O)CN(CC(C)C)C(=O)Cn1cc(N)cn1. The number of nitrogens with two attached hydrogens (primary N) is 1. The average molecular weight is 282 g/mol. The number of ether oxygens (including phenoxy) is 1. The van der Waals surface area contributed by atoms with Crippen LogP contribution < -0.4 is 5.73 Å². The summed E-state index contributed by atoms with van der Waals surface area (Å²) in [4.78, 5) is 25.2. The van der Waals surface area contributed by atoms with Gasteiger partial charge in [0.2, 0.25) is 5.91 Å². The molecule has 1 aromatic rings. The van der Waals surface area contributed by atoms with Crippen molar-refractivity contribution in [1.29, 1.82) is 0 Å². The molecular weight excluding hydrogens is 260 g/mol. The maximum atomic E-state index is 12.2. The second kappa shape index (κ2) is 7.52. The monoisotopic (exact) mass is 282 g/mol. The fraction of sp³-hybridized carbons (Fsp3) is 0.615. The van der Waals surface area contributed by atoms with Gasteiger partial charge in [-0.25, -0.2) is 0 Å². The highest BCUT2D eigenvalue weighted by molar-refractivity contribution is 5.82. The number of anilines is 1. The van der Waals surface area contributed by atoms with Gasteiger partial charge >= 0.3 is 5.97 Å². The second-order valence-electron chi connectivity index (χ2n) is 4.94. The van der Waals surface area contributed by atoms with E-state index in [1.54, 1.807) is 13.1 Å². The lowest BCUT2D eigenvalue weighted by molar-refractivity contribution is -0.149. The van der Waals surface area contributed by atoms with Gasteiger partial charge in [0.1, 0.15) is 13.1 Å². The van der Waals surface area contributed by atoms with Crippen molar-refractivity contribution < 1.29 is 14.3 Å². The molecule has 0 aliphatic heterocycles. The molecule has 1 heterocycles. The van der Waals surface area contributed by atoms with Crippen LogP contribution in [-0.4, -0.2) is 46.3 Å². The molecule has 7 heteroatoms. The minimum Gasteiger partial charge on any atom is -0.465 e. The standard InChI is InChI=1S/C13H22N4O3/c1-4-20-13(19)9-16(6-10(2)3)12(18)8-17-7-11(14)5-15-17/h5,7,10H,4,6,8-9,14H2,1-3H3. The number of amides is 1. The largest absolute Gasteiger partial charge is 0.465 e. The van der Waals surface area contributed by atoms with Crippen LogP contribution >= 0.6 is 0 Å². The van der Waals surface area contributed by atoms with Crippen LogP contribution in [-0.2, 0) is 20.9 Å². The molecule has 1 amide bonds. The number of rotatable bonds is 7. The number of esters is 1. The number of carbonyl (C=O) groups excluding carboxylic acids is 2. The Hall–Kier alpha value is -2.05. The fourth-order valence-electron chi connectivity index (χ4n) is 1.76. The molecule has 0 bridgehead atoms. The molecule has 0 aromatic carbocycles. The van der Waals surface area contributed by atoms with E-state index in [2.05, 4.69) is 5.10 Å². The lowest BCUT2D eigenvalue weighted by Crippen LogP contribution is -2.40. The normalized spacial score (nSPS) is 10.6. The highest BCUT2D eigenvalue weighted by Crippen LogP contribution is 2.03. The summed E-state index contributed by atoms with van der Waals surface area (Å²) in [6.07, 6.45) is 3.06. The predicted molar refractivity (Wildman–Crippen MR) is 74.7 cm³/mol. The highest BCUT2D eigenvalue weighted by atomic mass is 16.5. The van der Waals surface area contributed by atoms with E-state index in [1.807, 2.05) is 13.8 Å². The van der Waals surface area contributed by atoms with Crippen LogP contribution in [0.1, 0.15) is 20.8 Å². The summed E-state index contributed by atoms with van der Waals surface area (Å²) in [6, 6.07) is 0. The number of hydrogen-bond acceptors (Lipinski definition) is 5. The molecule has 0 atom stereocenters. The summed E-state index contributed by atoms with van der Waals surface area (Å²) in [5.74, 6) is -0.326. The maximum Gasteiger partial charge on any atom is 0.325 e. The van der Waals surface area contributed by atoms with Gasteiger partial charge in [-0.1, -0.05) is 13.8 Å². The molecule has 20 heavy (non-hydrogen) atoms.